The molecule has 1 aromatic rings. The Morgan fingerprint density at radius 1 is 1.50 bits per heavy atom. The molecule has 0 saturated carbocycles. The van der Waals surface area contributed by atoms with E-state index in [0.29, 0.717) is 16.7 Å². The summed E-state index contributed by atoms with van der Waals surface area (Å²) in [7, 11) is 0. The normalized spacial score (nSPS) is 22.8. The van der Waals surface area contributed by atoms with Gasteiger partial charge in [-0.2, -0.15) is 4.91 Å². The van der Waals surface area contributed by atoms with Gasteiger partial charge in [0.15, 0.2) is 0 Å². The maximum atomic E-state index is 12.0. The summed E-state index contributed by atoms with van der Waals surface area (Å²) in [5.74, 6) is 0. The van der Waals surface area contributed by atoms with E-state index in [1.807, 2.05) is 6.92 Å². The van der Waals surface area contributed by atoms with Crippen molar-refractivity contribution < 1.29 is 4.74 Å². The Bertz CT molecular complexity index is 625. The van der Waals surface area contributed by atoms with Crippen molar-refractivity contribution in [3.8, 4) is 0 Å². The molecular weight excluding hydrogens is 238 g/mol. The van der Waals surface area contributed by atoms with E-state index in [-0.39, 0.29) is 6.10 Å². The summed E-state index contributed by atoms with van der Waals surface area (Å²) in [5, 5.41) is 3.11. The fraction of sp³-hybridized carbons (Fsp3) is 0.600. The van der Waals surface area contributed by atoms with Gasteiger partial charge < -0.3 is 4.74 Å². The lowest BCUT2D eigenvalue weighted by atomic mass is 10.2. The average Bonchev–Trinajstić information content (AvgIpc) is 2.76. The van der Waals surface area contributed by atoms with E-state index in [9.17, 15) is 9.59 Å². The predicted molar refractivity (Wildman–Crippen MR) is 63.1 cm³/mol. The molecule has 1 fully saturated rings. The average molecular weight is 251 g/mol. The minimum atomic E-state index is -0.678. The summed E-state index contributed by atoms with van der Waals surface area (Å²) in [6, 6.07) is 0. The fourth-order valence-electron chi connectivity index (χ4n) is 1.99. The van der Waals surface area contributed by atoms with Crippen molar-refractivity contribution in [1.29, 1.82) is 0 Å². The third-order valence-corrected chi connectivity index (χ3v) is 2.91. The molecule has 0 radical (unpaired) electrons. The lowest BCUT2D eigenvalue weighted by molar-refractivity contribution is 0.00702. The van der Waals surface area contributed by atoms with E-state index in [1.165, 1.54) is 10.8 Å². The maximum absolute atomic E-state index is 12.0. The van der Waals surface area contributed by atoms with Crippen LogP contribution in [0.4, 0.5) is 0 Å². The van der Waals surface area contributed by atoms with Crippen molar-refractivity contribution in [1.82, 2.24) is 9.24 Å². The molecule has 96 valence electrons. The molecular formula is C10H13N5O3. The topological polar surface area (TPSA) is 102 Å². The molecule has 0 bridgehead atoms. The zero-order valence-corrected chi connectivity index (χ0v) is 10.1. The smallest absolute Gasteiger partial charge is 0.355 e. The number of hydrogen-bond donors (Lipinski definition) is 0. The van der Waals surface area contributed by atoms with Crippen LogP contribution in [0.5, 0.6) is 0 Å². The molecule has 8 heteroatoms. The molecule has 1 saturated heterocycles. The molecule has 0 spiro atoms. The lowest BCUT2D eigenvalue weighted by Gasteiger charge is -2.13. The monoisotopic (exact) mass is 251 g/mol. The van der Waals surface area contributed by atoms with Crippen LogP contribution in [-0.2, 0) is 4.74 Å². The fourth-order valence-corrected chi connectivity index (χ4v) is 1.99. The van der Waals surface area contributed by atoms with E-state index >= 15 is 0 Å². The number of ether oxygens (including phenoxy) is 1. The molecule has 8 nitrogen and oxygen atoms in total. The van der Waals surface area contributed by atoms with Gasteiger partial charge >= 0.3 is 11.2 Å². The van der Waals surface area contributed by atoms with Crippen molar-refractivity contribution in [3.63, 3.8) is 0 Å². The standard InChI is InChI=1S/C10H13N5O3/c1-6-5-14(8-4-3-7(2)18-8)10(17)15(9(6)16)13-12-11/h5,7-8H,3-4H2,1-2H3/t7-,8-/m1/s1. The Hall–Kier alpha value is -2.05. The second kappa shape index (κ2) is 4.67. The van der Waals surface area contributed by atoms with Crippen LogP contribution < -0.4 is 11.2 Å². The first kappa shape index (κ1) is 12.4. The van der Waals surface area contributed by atoms with Crippen molar-refractivity contribution >= 4 is 0 Å². The molecule has 2 rings (SSSR count). The van der Waals surface area contributed by atoms with Crippen LogP contribution in [0.3, 0.4) is 0 Å². The summed E-state index contributed by atoms with van der Waals surface area (Å²) in [4.78, 5) is 26.1. The van der Waals surface area contributed by atoms with Gasteiger partial charge in [-0.25, -0.2) is 9.59 Å². The van der Waals surface area contributed by atoms with E-state index < -0.39 is 17.5 Å². The van der Waals surface area contributed by atoms with Gasteiger partial charge in [-0.1, -0.05) is 4.68 Å². The molecule has 18 heavy (non-hydrogen) atoms. The number of rotatable bonds is 2. The van der Waals surface area contributed by atoms with Gasteiger partial charge in [-0.05, 0) is 31.9 Å². The van der Waals surface area contributed by atoms with E-state index in [1.54, 1.807) is 6.92 Å². The quantitative estimate of drug-likeness (QED) is 0.446. The third kappa shape index (κ3) is 2.03. The molecule has 0 aliphatic carbocycles. The molecule has 2 atom stereocenters. The highest BCUT2D eigenvalue weighted by atomic mass is 16.5. The Balaban J connectivity index is 2.59. The molecule has 0 amide bonds. The summed E-state index contributed by atoms with van der Waals surface area (Å²) < 4.78 is 7.39. The summed E-state index contributed by atoms with van der Waals surface area (Å²) >= 11 is 0. The Kier molecular flexibility index (Phi) is 3.22. The lowest BCUT2D eigenvalue weighted by Crippen LogP contribution is -2.39. The van der Waals surface area contributed by atoms with Crippen molar-refractivity contribution in [3.05, 3.63) is 43.0 Å². The van der Waals surface area contributed by atoms with Crippen LogP contribution in [-0.4, -0.2) is 15.3 Å². The van der Waals surface area contributed by atoms with Crippen LogP contribution in [0.15, 0.2) is 21.0 Å². The first-order valence-corrected chi connectivity index (χ1v) is 5.60. The third-order valence-electron chi connectivity index (χ3n) is 2.91. The van der Waals surface area contributed by atoms with E-state index in [2.05, 4.69) is 10.1 Å². The van der Waals surface area contributed by atoms with Gasteiger partial charge in [-0.15, -0.1) is 5.53 Å². The second-order valence-corrected chi connectivity index (χ2v) is 4.28. The first-order chi connectivity index (χ1) is 8.54. The Labute approximate surface area is 102 Å². The van der Waals surface area contributed by atoms with E-state index in [4.69, 9.17) is 10.3 Å². The zero-order valence-electron chi connectivity index (χ0n) is 10.1. The van der Waals surface area contributed by atoms with Gasteiger partial charge in [0, 0.05) is 6.20 Å². The molecule has 1 aromatic heterocycles. The maximum Gasteiger partial charge on any atom is 0.428 e. The number of hydrogen-bond acceptors (Lipinski definition) is 4. The number of aryl methyl sites for hydroxylation is 1. The van der Waals surface area contributed by atoms with Crippen molar-refractivity contribution in [2.45, 2.75) is 39.0 Å². The van der Waals surface area contributed by atoms with Crippen LogP contribution >= 0.6 is 0 Å². The molecule has 0 aromatic carbocycles. The molecule has 1 aliphatic rings. The first-order valence-electron chi connectivity index (χ1n) is 5.60. The molecule has 0 unspecified atom stereocenters. The highest BCUT2D eigenvalue weighted by molar-refractivity contribution is 5.03. The highest BCUT2D eigenvalue weighted by Gasteiger charge is 2.26. The largest absolute Gasteiger partial charge is 0.428 e. The molecule has 2 heterocycles. The summed E-state index contributed by atoms with van der Waals surface area (Å²) in [6.45, 7) is 3.47. The highest BCUT2D eigenvalue weighted by Crippen LogP contribution is 2.26. The van der Waals surface area contributed by atoms with Gasteiger partial charge in [-0.3, -0.25) is 4.57 Å². The minimum Gasteiger partial charge on any atom is -0.355 e. The molecule has 1 aliphatic heterocycles. The minimum absolute atomic E-state index is 0.0713. The van der Waals surface area contributed by atoms with Gasteiger partial charge in [0.1, 0.15) is 6.23 Å². The van der Waals surface area contributed by atoms with Crippen molar-refractivity contribution in [2.24, 2.45) is 5.22 Å². The number of nitrogens with zero attached hydrogens (tertiary/aromatic N) is 5. The predicted octanol–water partition coefficient (Wildman–Crippen LogP) is 1.09. The van der Waals surface area contributed by atoms with Crippen LogP contribution in [0.1, 0.15) is 31.6 Å². The SMILES string of the molecule is Cc1cn([C@H]2CC[C@@H](C)O2)c(=O)n(N=[N+]=[N-])c1=O. The number of aromatic nitrogens is 2. The summed E-state index contributed by atoms with van der Waals surface area (Å²) in [5.41, 5.74) is 7.41. The van der Waals surface area contributed by atoms with Crippen LogP contribution in [0, 0.1) is 6.92 Å². The number of azide groups is 1. The Morgan fingerprint density at radius 2 is 2.22 bits per heavy atom. The van der Waals surface area contributed by atoms with Crippen LogP contribution in [0.25, 0.3) is 10.4 Å². The van der Waals surface area contributed by atoms with Gasteiger partial charge in [0.25, 0.3) is 0 Å². The van der Waals surface area contributed by atoms with Crippen molar-refractivity contribution in [2.75, 3.05) is 0 Å². The zero-order chi connectivity index (χ0) is 13.3. The van der Waals surface area contributed by atoms with Gasteiger partial charge in [0.05, 0.1) is 11.7 Å². The Morgan fingerprint density at radius 3 is 2.78 bits per heavy atom. The molecule has 0 N–H and O–H groups in total. The van der Waals surface area contributed by atoms with E-state index in [0.717, 1.165) is 6.42 Å². The summed E-state index contributed by atoms with van der Waals surface area (Å²) in [6.07, 6.45) is 2.64. The van der Waals surface area contributed by atoms with Gasteiger partial charge in [0.2, 0.25) is 0 Å². The van der Waals surface area contributed by atoms with Crippen LogP contribution in [0.2, 0.25) is 0 Å². The second-order valence-electron chi connectivity index (χ2n) is 4.28.